The summed E-state index contributed by atoms with van der Waals surface area (Å²) in [5, 5.41) is 15.4. The molecule has 6 heteroatoms. The first-order valence-corrected chi connectivity index (χ1v) is 8.71. The van der Waals surface area contributed by atoms with Crippen molar-refractivity contribution in [3.8, 4) is 5.75 Å². The molecule has 0 saturated carbocycles. The second kappa shape index (κ2) is 12.6. The van der Waals surface area contributed by atoms with Crippen LogP contribution in [0.2, 0.25) is 0 Å². The van der Waals surface area contributed by atoms with E-state index in [4.69, 9.17) is 9.47 Å². The second-order valence-electron chi connectivity index (χ2n) is 5.66. The molecule has 1 rings (SSSR count). The molecular formula is C18H30N2O4. The van der Waals surface area contributed by atoms with Gasteiger partial charge in [0.25, 0.3) is 0 Å². The van der Waals surface area contributed by atoms with Crippen molar-refractivity contribution in [2.45, 2.75) is 45.6 Å². The van der Waals surface area contributed by atoms with Gasteiger partial charge in [0.2, 0.25) is 0 Å². The number of amides is 1. The molecular weight excluding hydrogens is 308 g/mol. The van der Waals surface area contributed by atoms with Crippen molar-refractivity contribution in [1.82, 2.24) is 5.32 Å². The largest absolute Gasteiger partial charge is 0.494 e. The lowest BCUT2D eigenvalue weighted by atomic mass is 10.2. The molecule has 1 atom stereocenters. The maximum absolute atomic E-state index is 11.8. The third kappa shape index (κ3) is 9.37. The lowest BCUT2D eigenvalue weighted by Gasteiger charge is -2.13. The minimum Gasteiger partial charge on any atom is -0.494 e. The first kappa shape index (κ1) is 20.3. The van der Waals surface area contributed by atoms with E-state index < -0.39 is 12.2 Å². The van der Waals surface area contributed by atoms with Crippen LogP contribution in [0.3, 0.4) is 0 Å². The standard InChI is InChI=1S/C18H30N2O4/c1-3-5-6-11-23-17-9-7-8-15(12-17)20-18(22)24-14-16(21)13-19-10-4-2/h7-9,12,16,19,21H,3-6,10-11,13-14H2,1-2H3,(H,20,22). The Morgan fingerprint density at radius 3 is 2.83 bits per heavy atom. The molecule has 0 aliphatic rings. The van der Waals surface area contributed by atoms with Gasteiger partial charge in [0.15, 0.2) is 0 Å². The highest BCUT2D eigenvalue weighted by Gasteiger charge is 2.09. The number of unbranched alkanes of at least 4 members (excludes halogenated alkanes) is 2. The normalized spacial score (nSPS) is 11.8. The Kier molecular flexibility index (Phi) is 10.6. The number of aliphatic hydroxyl groups is 1. The van der Waals surface area contributed by atoms with Gasteiger partial charge in [-0.15, -0.1) is 0 Å². The number of ether oxygens (including phenoxy) is 2. The average Bonchev–Trinajstić information content (AvgIpc) is 2.57. The third-order valence-electron chi connectivity index (χ3n) is 3.31. The molecule has 0 fully saturated rings. The van der Waals surface area contributed by atoms with Gasteiger partial charge >= 0.3 is 6.09 Å². The van der Waals surface area contributed by atoms with Crippen LogP contribution in [0, 0.1) is 0 Å². The summed E-state index contributed by atoms with van der Waals surface area (Å²) in [6, 6.07) is 7.19. The van der Waals surface area contributed by atoms with Gasteiger partial charge in [-0.2, -0.15) is 0 Å². The van der Waals surface area contributed by atoms with E-state index in [0.717, 1.165) is 32.2 Å². The first-order chi connectivity index (χ1) is 11.7. The van der Waals surface area contributed by atoms with E-state index in [1.54, 1.807) is 12.1 Å². The molecule has 0 aliphatic carbocycles. The van der Waals surface area contributed by atoms with Crippen molar-refractivity contribution in [1.29, 1.82) is 0 Å². The number of benzene rings is 1. The first-order valence-electron chi connectivity index (χ1n) is 8.71. The molecule has 0 spiro atoms. The van der Waals surface area contributed by atoms with Gasteiger partial charge in [-0.3, -0.25) is 5.32 Å². The van der Waals surface area contributed by atoms with Crippen LogP contribution in [-0.2, 0) is 4.74 Å². The second-order valence-corrected chi connectivity index (χ2v) is 5.66. The number of nitrogens with one attached hydrogen (secondary N) is 2. The van der Waals surface area contributed by atoms with Crippen LogP contribution in [0.5, 0.6) is 5.75 Å². The summed E-state index contributed by atoms with van der Waals surface area (Å²) in [5.74, 6) is 0.715. The minimum absolute atomic E-state index is 0.0459. The van der Waals surface area contributed by atoms with Crippen LogP contribution in [-0.4, -0.2) is 43.6 Å². The van der Waals surface area contributed by atoms with Gasteiger partial charge in [0.05, 0.1) is 6.61 Å². The molecule has 1 unspecified atom stereocenters. The number of rotatable bonds is 12. The lowest BCUT2D eigenvalue weighted by molar-refractivity contribution is 0.0751. The molecule has 0 aromatic heterocycles. The predicted octanol–water partition coefficient (Wildman–Crippen LogP) is 3.16. The zero-order chi connectivity index (χ0) is 17.6. The Hall–Kier alpha value is -1.79. The van der Waals surface area contributed by atoms with E-state index in [2.05, 4.69) is 17.6 Å². The van der Waals surface area contributed by atoms with Crippen LogP contribution in [0.4, 0.5) is 10.5 Å². The van der Waals surface area contributed by atoms with Crippen LogP contribution in [0.1, 0.15) is 39.5 Å². The van der Waals surface area contributed by atoms with Crippen molar-refractivity contribution in [2.75, 3.05) is 31.6 Å². The molecule has 0 heterocycles. The summed E-state index contributed by atoms with van der Waals surface area (Å²) in [6.45, 7) is 6.04. The summed E-state index contributed by atoms with van der Waals surface area (Å²) in [7, 11) is 0. The SMILES string of the molecule is CCCCCOc1cccc(NC(=O)OCC(O)CNCCC)c1. The van der Waals surface area contributed by atoms with Crippen molar-refractivity contribution >= 4 is 11.8 Å². The monoisotopic (exact) mass is 338 g/mol. The smallest absolute Gasteiger partial charge is 0.411 e. The molecule has 0 bridgehead atoms. The Bertz CT molecular complexity index is 468. The fourth-order valence-electron chi connectivity index (χ4n) is 2.04. The highest BCUT2D eigenvalue weighted by molar-refractivity contribution is 5.84. The van der Waals surface area contributed by atoms with Crippen molar-refractivity contribution in [3.05, 3.63) is 24.3 Å². The van der Waals surface area contributed by atoms with Gasteiger partial charge < -0.3 is 19.9 Å². The summed E-state index contributed by atoms with van der Waals surface area (Å²) in [4.78, 5) is 11.8. The van der Waals surface area contributed by atoms with Crippen LogP contribution < -0.4 is 15.4 Å². The highest BCUT2D eigenvalue weighted by atomic mass is 16.6. The lowest BCUT2D eigenvalue weighted by Crippen LogP contribution is -2.32. The number of carbonyl (C=O) groups excluding carboxylic acids is 1. The minimum atomic E-state index is -0.712. The summed E-state index contributed by atoms with van der Waals surface area (Å²) in [6.07, 6.45) is 2.99. The number of aliphatic hydroxyl groups excluding tert-OH is 1. The Morgan fingerprint density at radius 2 is 2.08 bits per heavy atom. The molecule has 6 nitrogen and oxygen atoms in total. The molecule has 24 heavy (non-hydrogen) atoms. The maximum atomic E-state index is 11.8. The van der Waals surface area contributed by atoms with Gasteiger partial charge in [0, 0.05) is 18.3 Å². The van der Waals surface area contributed by atoms with Crippen LogP contribution >= 0.6 is 0 Å². The molecule has 1 aromatic carbocycles. The molecule has 1 amide bonds. The van der Waals surface area contributed by atoms with Gasteiger partial charge in [0.1, 0.15) is 18.5 Å². The fourth-order valence-corrected chi connectivity index (χ4v) is 2.04. The summed E-state index contributed by atoms with van der Waals surface area (Å²) < 4.78 is 10.7. The van der Waals surface area contributed by atoms with Crippen molar-refractivity contribution in [2.24, 2.45) is 0 Å². The average molecular weight is 338 g/mol. The van der Waals surface area contributed by atoms with Crippen LogP contribution in [0.15, 0.2) is 24.3 Å². The van der Waals surface area contributed by atoms with E-state index in [9.17, 15) is 9.90 Å². The fraction of sp³-hybridized carbons (Fsp3) is 0.611. The number of hydrogen-bond acceptors (Lipinski definition) is 5. The van der Waals surface area contributed by atoms with E-state index >= 15 is 0 Å². The third-order valence-corrected chi connectivity index (χ3v) is 3.31. The van der Waals surface area contributed by atoms with Gasteiger partial charge in [-0.05, 0) is 31.5 Å². The highest BCUT2D eigenvalue weighted by Crippen LogP contribution is 2.18. The zero-order valence-corrected chi connectivity index (χ0v) is 14.7. The number of hydrogen-bond donors (Lipinski definition) is 3. The van der Waals surface area contributed by atoms with E-state index in [1.807, 2.05) is 19.1 Å². The maximum Gasteiger partial charge on any atom is 0.411 e. The van der Waals surface area contributed by atoms with Crippen LogP contribution in [0.25, 0.3) is 0 Å². The quantitative estimate of drug-likeness (QED) is 0.510. The zero-order valence-electron chi connectivity index (χ0n) is 14.7. The Balaban J connectivity index is 2.30. The molecule has 1 aromatic rings. The number of anilines is 1. The molecule has 0 aliphatic heterocycles. The van der Waals surface area contributed by atoms with Crippen molar-refractivity contribution in [3.63, 3.8) is 0 Å². The Morgan fingerprint density at radius 1 is 1.25 bits per heavy atom. The molecule has 136 valence electrons. The molecule has 3 N–H and O–H groups in total. The summed E-state index contributed by atoms with van der Waals surface area (Å²) >= 11 is 0. The van der Waals surface area contributed by atoms with Crippen molar-refractivity contribution < 1.29 is 19.4 Å². The predicted molar refractivity (Wildman–Crippen MR) is 95.6 cm³/mol. The summed E-state index contributed by atoms with van der Waals surface area (Å²) in [5.41, 5.74) is 0.603. The van der Waals surface area contributed by atoms with Gasteiger partial charge in [-0.25, -0.2) is 4.79 Å². The van der Waals surface area contributed by atoms with E-state index in [0.29, 0.717) is 24.6 Å². The Labute approximate surface area is 144 Å². The topological polar surface area (TPSA) is 79.8 Å². The molecule has 0 radical (unpaired) electrons. The molecule has 0 saturated heterocycles. The number of carbonyl (C=O) groups is 1. The van der Waals surface area contributed by atoms with Gasteiger partial charge in [-0.1, -0.05) is 32.8 Å². The van der Waals surface area contributed by atoms with E-state index in [1.165, 1.54) is 0 Å². The van der Waals surface area contributed by atoms with E-state index in [-0.39, 0.29) is 6.61 Å².